The lowest BCUT2D eigenvalue weighted by molar-refractivity contribution is -0.171. The van der Waals surface area contributed by atoms with Crippen LogP contribution in [0.2, 0.25) is 0 Å². The summed E-state index contributed by atoms with van der Waals surface area (Å²) >= 11 is 0. The number of allylic oxidation sites excluding steroid dienone is 5. The molecule has 26 unspecified atom stereocenters. The van der Waals surface area contributed by atoms with Gasteiger partial charge in [-0.2, -0.15) is 0 Å². The number of nitrogens with zero attached hydrogens (tertiary/aromatic N) is 1. The highest BCUT2D eigenvalue weighted by atomic mass is 15.1. The summed E-state index contributed by atoms with van der Waals surface area (Å²) in [6.07, 6.45) is 39.4. The van der Waals surface area contributed by atoms with Crippen LogP contribution < -0.4 is 0 Å². The second kappa shape index (κ2) is 13.6. The molecule has 15 rings (SSSR count). The van der Waals surface area contributed by atoms with E-state index in [9.17, 15) is 0 Å². The highest BCUT2D eigenvalue weighted by Gasteiger charge is 2.74. The van der Waals surface area contributed by atoms with Crippen molar-refractivity contribution in [3.8, 4) is 0 Å². The zero-order valence-corrected chi connectivity index (χ0v) is 38.5. The summed E-state index contributed by atoms with van der Waals surface area (Å²) in [5.74, 6) is 26.8. The molecule has 0 N–H and O–H groups in total. The number of fused-ring (bicyclic) bond motifs is 14. The first-order valence-electron chi connectivity index (χ1n) is 27.9. The maximum Gasteiger partial charge on any atom is 0.0356 e. The Bertz CT molecular complexity index is 2010. The molecule has 0 radical (unpaired) electrons. The van der Waals surface area contributed by atoms with Crippen LogP contribution in [0.15, 0.2) is 59.8 Å². The topological polar surface area (TPSA) is 3.24 Å². The molecule has 0 aromatic heterocycles. The van der Waals surface area contributed by atoms with Gasteiger partial charge in [0.15, 0.2) is 0 Å². The summed E-state index contributed by atoms with van der Waals surface area (Å²) < 4.78 is 0. The minimum absolute atomic E-state index is 0.832. The van der Waals surface area contributed by atoms with E-state index in [4.69, 9.17) is 0 Å². The van der Waals surface area contributed by atoms with Crippen LogP contribution in [0, 0.1) is 155 Å². The van der Waals surface area contributed by atoms with Gasteiger partial charge in [-0.3, -0.25) is 0 Å². The van der Waals surface area contributed by atoms with Crippen LogP contribution in [0.4, 0.5) is 0 Å². The molecule has 1 nitrogen and oxygen atoms in total. The van der Waals surface area contributed by atoms with E-state index in [-0.39, 0.29) is 0 Å². The van der Waals surface area contributed by atoms with Crippen LogP contribution in [0.1, 0.15) is 140 Å². The molecule has 1 heteroatoms. The van der Waals surface area contributed by atoms with Crippen LogP contribution in [0.25, 0.3) is 0 Å². The summed E-state index contributed by atoms with van der Waals surface area (Å²) in [7, 11) is 2.44. The van der Waals surface area contributed by atoms with E-state index in [0.29, 0.717) is 0 Å². The standard InChI is InChI=1S/C60H81N/c1-31-11-4-6-13-35(31)34-18-19-38-41-20-21-42-44-24-26-47-56-48(27-25-45(55(44)56)43-22-23-46(49(38)29-34)53(41)54(42)43)59-57-40-16-9-8-15-39(40)52-37-14-7-5-12-33(37)30-50(60(52)57)51(58(47)59)36-17-10-28-61(3)32(36)2/h4,6,9-11,13,16-17,33-34,37-60H,5,7-8,12,14-15,18-30H2,1-3H3. The number of rotatable bonds is 2. The first-order chi connectivity index (χ1) is 30.0. The first kappa shape index (κ1) is 37.5. The molecular weight excluding hydrogens is 735 g/mol. The Kier molecular flexibility index (Phi) is 8.38. The van der Waals surface area contributed by atoms with Crippen molar-refractivity contribution in [3.63, 3.8) is 0 Å². The van der Waals surface area contributed by atoms with Gasteiger partial charge in [0, 0.05) is 19.3 Å². The SMILES string of the molecule is CC1=C(C2C3CC4CCCCC4C4C5CCC=CC5C(C34)C3C4CCC5C6CCC7C8CC(c9ccccc9C)CCC8C8CCC(C9CCC(C4C95)C23)C6C87)C=CCN1C. The molecule has 0 saturated heterocycles. The quantitative estimate of drug-likeness (QED) is 0.269. The summed E-state index contributed by atoms with van der Waals surface area (Å²) in [5.41, 5.74) is 6.84. The predicted molar refractivity (Wildman–Crippen MR) is 248 cm³/mol. The minimum atomic E-state index is 0.832. The predicted octanol–water partition coefficient (Wildman–Crippen LogP) is 14.0. The van der Waals surface area contributed by atoms with Crippen LogP contribution >= 0.6 is 0 Å². The third-order valence-electron chi connectivity index (χ3n) is 25.6. The van der Waals surface area contributed by atoms with Crippen molar-refractivity contribution in [3.05, 3.63) is 71.0 Å². The van der Waals surface area contributed by atoms with Gasteiger partial charge in [-0.15, -0.1) is 0 Å². The molecule has 0 bridgehead atoms. The zero-order valence-electron chi connectivity index (χ0n) is 38.5. The fourth-order valence-corrected chi connectivity index (χ4v) is 24.8. The first-order valence-corrected chi connectivity index (χ1v) is 27.9. The molecule has 12 saturated carbocycles. The van der Waals surface area contributed by atoms with Gasteiger partial charge in [0.1, 0.15) is 0 Å². The van der Waals surface area contributed by atoms with Crippen molar-refractivity contribution in [1.29, 1.82) is 0 Å². The molecule has 1 aromatic rings. The fraction of sp³-hybridized carbons (Fsp3) is 0.800. The van der Waals surface area contributed by atoms with Gasteiger partial charge in [-0.25, -0.2) is 0 Å². The van der Waals surface area contributed by atoms with E-state index in [2.05, 4.69) is 74.4 Å². The van der Waals surface area contributed by atoms with Crippen molar-refractivity contribution in [2.45, 2.75) is 135 Å². The lowest BCUT2D eigenvalue weighted by Gasteiger charge is -2.65. The van der Waals surface area contributed by atoms with Crippen molar-refractivity contribution >= 4 is 0 Å². The summed E-state index contributed by atoms with van der Waals surface area (Å²) in [6.45, 7) is 6.10. The van der Waals surface area contributed by atoms with Crippen molar-refractivity contribution in [2.75, 3.05) is 13.6 Å². The minimum Gasteiger partial charge on any atom is -0.374 e. The third-order valence-corrected chi connectivity index (χ3v) is 25.6. The number of aryl methyl sites for hydroxylation is 1. The second-order valence-corrected chi connectivity index (χ2v) is 26.2. The Morgan fingerprint density at radius 2 is 1.08 bits per heavy atom. The van der Waals surface area contributed by atoms with Crippen molar-refractivity contribution in [2.24, 2.45) is 148 Å². The van der Waals surface area contributed by atoms with Gasteiger partial charge < -0.3 is 4.90 Å². The molecular formula is C60H81N. The Balaban J connectivity index is 0.805. The number of hydrogen-bond donors (Lipinski definition) is 0. The molecule has 14 aliphatic rings. The third kappa shape index (κ3) is 4.88. The van der Waals surface area contributed by atoms with Crippen LogP contribution in [0.3, 0.4) is 0 Å². The molecule has 0 spiro atoms. The van der Waals surface area contributed by atoms with Crippen molar-refractivity contribution in [1.82, 2.24) is 4.90 Å². The van der Waals surface area contributed by atoms with Gasteiger partial charge in [0.25, 0.3) is 0 Å². The van der Waals surface area contributed by atoms with E-state index in [0.717, 1.165) is 160 Å². The Morgan fingerprint density at radius 1 is 0.475 bits per heavy atom. The largest absolute Gasteiger partial charge is 0.374 e. The molecule has 1 aliphatic heterocycles. The van der Waals surface area contributed by atoms with Crippen LogP contribution in [-0.2, 0) is 0 Å². The molecule has 13 aliphatic carbocycles. The smallest absolute Gasteiger partial charge is 0.0356 e. The Labute approximate surface area is 371 Å². The van der Waals surface area contributed by atoms with E-state index in [1.807, 2.05) is 5.57 Å². The summed E-state index contributed by atoms with van der Waals surface area (Å²) in [6, 6.07) is 9.55. The Hall–Kier alpha value is -1.76. The maximum atomic E-state index is 2.93. The van der Waals surface area contributed by atoms with Crippen molar-refractivity contribution < 1.29 is 0 Å². The van der Waals surface area contributed by atoms with E-state index in [1.54, 1.807) is 100 Å². The maximum absolute atomic E-state index is 2.93. The molecule has 326 valence electrons. The summed E-state index contributed by atoms with van der Waals surface area (Å²) in [4.78, 5) is 2.67. The van der Waals surface area contributed by atoms with E-state index >= 15 is 0 Å². The molecule has 1 aromatic carbocycles. The van der Waals surface area contributed by atoms with Gasteiger partial charge in [0.05, 0.1) is 0 Å². The fourth-order valence-electron chi connectivity index (χ4n) is 24.8. The number of hydrogen-bond acceptors (Lipinski definition) is 1. The number of likely N-dealkylation sites (N-methyl/N-ethyl adjacent to an activating group) is 1. The van der Waals surface area contributed by atoms with E-state index in [1.165, 1.54) is 32.1 Å². The van der Waals surface area contributed by atoms with Gasteiger partial charge in [-0.05, 0) is 281 Å². The normalized spacial score (nSPS) is 57.6. The molecule has 0 amide bonds. The molecule has 61 heavy (non-hydrogen) atoms. The van der Waals surface area contributed by atoms with Gasteiger partial charge in [-0.1, -0.05) is 67.8 Å². The van der Waals surface area contributed by atoms with Crippen LogP contribution in [-0.4, -0.2) is 18.5 Å². The molecule has 12 fully saturated rings. The Morgan fingerprint density at radius 3 is 1.84 bits per heavy atom. The second-order valence-electron chi connectivity index (χ2n) is 26.2. The van der Waals surface area contributed by atoms with Gasteiger partial charge >= 0.3 is 0 Å². The highest BCUT2D eigenvalue weighted by Crippen LogP contribution is 2.80. The van der Waals surface area contributed by atoms with E-state index < -0.39 is 0 Å². The van der Waals surface area contributed by atoms with Gasteiger partial charge in [0.2, 0.25) is 0 Å². The highest BCUT2D eigenvalue weighted by molar-refractivity contribution is 5.36. The average molecular weight is 816 g/mol. The van der Waals surface area contributed by atoms with Crippen LogP contribution in [0.5, 0.6) is 0 Å². The monoisotopic (exact) mass is 816 g/mol. The lowest BCUT2D eigenvalue weighted by Crippen LogP contribution is -2.59. The molecule has 26 atom stereocenters. The summed E-state index contributed by atoms with van der Waals surface area (Å²) in [5, 5.41) is 0. The zero-order chi connectivity index (χ0) is 40.0. The lowest BCUT2D eigenvalue weighted by atomic mass is 9.40. The molecule has 1 heterocycles. The average Bonchev–Trinajstić information content (AvgIpc) is 3.94. The number of benzene rings is 1.